The summed E-state index contributed by atoms with van der Waals surface area (Å²) in [4.78, 5) is 24.1. The van der Waals surface area contributed by atoms with Gasteiger partial charge in [0.2, 0.25) is 5.91 Å². The summed E-state index contributed by atoms with van der Waals surface area (Å²) in [5, 5.41) is 4.07. The van der Waals surface area contributed by atoms with Crippen LogP contribution < -0.4 is 5.32 Å². The van der Waals surface area contributed by atoms with Gasteiger partial charge in [0, 0.05) is 23.5 Å². The van der Waals surface area contributed by atoms with Gasteiger partial charge in [-0.15, -0.1) is 0 Å². The van der Waals surface area contributed by atoms with Crippen molar-refractivity contribution in [3.05, 3.63) is 65.3 Å². The van der Waals surface area contributed by atoms with Crippen LogP contribution in [0.1, 0.15) is 17.3 Å². The van der Waals surface area contributed by atoms with Gasteiger partial charge in [0.25, 0.3) is 5.91 Å². The molecule has 5 heteroatoms. The monoisotopic (exact) mass is 312 g/mol. The molecule has 0 aliphatic rings. The maximum Gasteiger partial charge on any atom is 0.264 e. The molecule has 0 aliphatic carbocycles. The molecule has 0 spiro atoms. The van der Waals surface area contributed by atoms with Gasteiger partial charge in [-0.25, -0.2) is 0 Å². The second-order valence-electron chi connectivity index (χ2n) is 4.92. The molecule has 0 radical (unpaired) electrons. The molecule has 22 heavy (non-hydrogen) atoms. The number of hydrogen-bond acceptors (Lipinski definition) is 2. The largest absolute Gasteiger partial charge is 0.326 e. The lowest BCUT2D eigenvalue weighted by Gasteiger charge is -2.11. The molecule has 0 atom stereocenters. The van der Waals surface area contributed by atoms with Crippen molar-refractivity contribution >= 4 is 40.0 Å². The van der Waals surface area contributed by atoms with Gasteiger partial charge in [-0.1, -0.05) is 29.8 Å². The number of amides is 1. The van der Waals surface area contributed by atoms with Crippen molar-refractivity contribution in [3.63, 3.8) is 0 Å². The SMILES string of the molecule is CC(=O)Nc1ccc(Cl)cc1C(=O)n1ccc2ccccc21. The zero-order chi connectivity index (χ0) is 15.7. The highest BCUT2D eigenvalue weighted by Crippen LogP contribution is 2.24. The highest BCUT2D eigenvalue weighted by Gasteiger charge is 2.16. The smallest absolute Gasteiger partial charge is 0.264 e. The van der Waals surface area contributed by atoms with Crippen LogP contribution in [0.5, 0.6) is 0 Å². The average molecular weight is 313 g/mol. The minimum atomic E-state index is -0.243. The van der Waals surface area contributed by atoms with Crippen LogP contribution in [0.2, 0.25) is 5.02 Å². The molecule has 4 nitrogen and oxygen atoms in total. The second kappa shape index (κ2) is 5.66. The lowest BCUT2D eigenvalue weighted by atomic mass is 10.1. The third-order valence-electron chi connectivity index (χ3n) is 3.34. The normalized spacial score (nSPS) is 10.6. The Labute approximate surface area is 132 Å². The van der Waals surface area contributed by atoms with Crippen LogP contribution in [0.3, 0.4) is 0 Å². The molecule has 0 saturated carbocycles. The first-order chi connectivity index (χ1) is 10.6. The summed E-state index contributed by atoms with van der Waals surface area (Å²) < 4.78 is 1.55. The van der Waals surface area contributed by atoms with E-state index in [4.69, 9.17) is 11.6 Å². The first-order valence-corrected chi connectivity index (χ1v) is 7.12. The molecule has 2 aromatic carbocycles. The minimum Gasteiger partial charge on any atom is -0.326 e. The van der Waals surface area contributed by atoms with Crippen molar-refractivity contribution in [1.29, 1.82) is 0 Å². The first kappa shape index (κ1) is 14.4. The number of carbonyl (C=O) groups is 2. The number of hydrogen-bond donors (Lipinski definition) is 1. The molecular formula is C17H13ClN2O2. The molecule has 1 amide bonds. The molecule has 110 valence electrons. The zero-order valence-corrected chi connectivity index (χ0v) is 12.6. The number of nitrogens with zero attached hydrogens (tertiary/aromatic N) is 1. The molecule has 0 unspecified atom stereocenters. The Kier molecular flexibility index (Phi) is 3.69. The van der Waals surface area contributed by atoms with E-state index in [9.17, 15) is 9.59 Å². The summed E-state index contributed by atoms with van der Waals surface area (Å²) in [6.07, 6.45) is 1.71. The average Bonchev–Trinajstić information content (AvgIpc) is 2.92. The quantitative estimate of drug-likeness (QED) is 0.779. The van der Waals surface area contributed by atoms with Crippen LogP contribution >= 0.6 is 11.6 Å². The summed E-state index contributed by atoms with van der Waals surface area (Å²) in [7, 11) is 0. The molecule has 1 heterocycles. The van der Waals surface area contributed by atoms with E-state index in [2.05, 4.69) is 5.32 Å². The van der Waals surface area contributed by atoms with Crippen LogP contribution in [0, 0.1) is 0 Å². The van der Waals surface area contributed by atoms with E-state index in [0.717, 1.165) is 10.9 Å². The van der Waals surface area contributed by atoms with Gasteiger partial charge < -0.3 is 5.32 Å². The van der Waals surface area contributed by atoms with Gasteiger partial charge in [-0.2, -0.15) is 0 Å². The maximum absolute atomic E-state index is 12.8. The molecule has 3 rings (SSSR count). The fourth-order valence-electron chi connectivity index (χ4n) is 2.38. The number of carbonyl (C=O) groups excluding carboxylic acids is 2. The Morgan fingerprint density at radius 3 is 2.64 bits per heavy atom. The third kappa shape index (κ3) is 2.61. The molecule has 0 bridgehead atoms. The van der Waals surface area contributed by atoms with E-state index in [1.165, 1.54) is 6.92 Å². The molecule has 0 saturated heterocycles. The van der Waals surface area contributed by atoms with Gasteiger partial charge in [0.05, 0.1) is 16.8 Å². The van der Waals surface area contributed by atoms with E-state index >= 15 is 0 Å². The van der Waals surface area contributed by atoms with Crippen LogP contribution in [0.25, 0.3) is 10.9 Å². The summed E-state index contributed by atoms with van der Waals surface area (Å²) in [5.41, 5.74) is 1.60. The Balaban J connectivity index is 2.12. The van der Waals surface area contributed by atoms with Gasteiger partial charge >= 0.3 is 0 Å². The number of benzene rings is 2. The molecule has 0 fully saturated rings. The Morgan fingerprint density at radius 1 is 1.09 bits per heavy atom. The predicted octanol–water partition coefficient (Wildman–Crippen LogP) is 3.94. The predicted molar refractivity (Wildman–Crippen MR) is 87.4 cm³/mol. The van der Waals surface area contributed by atoms with Crippen molar-refractivity contribution in [2.45, 2.75) is 6.92 Å². The number of anilines is 1. The van der Waals surface area contributed by atoms with Gasteiger partial charge in [-0.05, 0) is 30.3 Å². The van der Waals surface area contributed by atoms with Gasteiger partial charge in [-0.3, -0.25) is 14.2 Å². The van der Waals surface area contributed by atoms with E-state index in [-0.39, 0.29) is 11.8 Å². The Hall–Kier alpha value is -2.59. The molecule has 1 N–H and O–H groups in total. The molecule has 3 aromatic rings. The van der Waals surface area contributed by atoms with Crippen molar-refractivity contribution in [2.75, 3.05) is 5.32 Å². The lowest BCUT2D eigenvalue weighted by molar-refractivity contribution is -0.114. The molecule has 1 aromatic heterocycles. The Bertz CT molecular complexity index is 883. The number of nitrogens with one attached hydrogen (secondary N) is 1. The van der Waals surface area contributed by atoms with Crippen LogP contribution in [0.4, 0.5) is 5.69 Å². The molecular weight excluding hydrogens is 300 g/mol. The number of fused-ring (bicyclic) bond motifs is 1. The number of halogens is 1. The van der Waals surface area contributed by atoms with Crippen molar-refractivity contribution in [2.24, 2.45) is 0 Å². The highest BCUT2D eigenvalue weighted by atomic mass is 35.5. The maximum atomic E-state index is 12.8. The minimum absolute atomic E-state index is 0.242. The fraction of sp³-hybridized carbons (Fsp3) is 0.0588. The van der Waals surface area contributed by atoms with Gasteiger partial charge in [0.1, 0.15) is 0 Å². The zero-order valence-electron chi connectivity index (χ0n) is 11.8. The van der Waals surface area contributed by atoms with Crippen molar-refractivity contribution < 1.29 is 9.59 Å². The number of rotatable bonds is 2. The number of aromatic nitrogens is 1. The summed E-state index contributed by atoms with van der Waals surface area (Å²) >= 11 is 6.00. The van der Waals surface area contributed by atoms with Crippen molar-refractivity contribution in [1.82, 2.24) is 4.57 Å². The van der Waals surface area contributed by atoms with Crippen LogP contribution in [-0.2, 0) is 4.79 Å². The van der Waals surface area contributed by atoms with E-state index < -0.39 is 0 Å². The molecule has 0 aliphatic heterocycles. The topological polar surface area (TPSA) is 51.1 Å². The first-order valence-electron chi connectivity index (χ1n) is 6.74. The summed E-state index contributed by atoms with van der Waals surface area (Å²) in [6, 6.07) is 14.3. The Morgan fingerprint density at radius 2 is 1.86 bits per heavy atom. The van der Waals surface area contributed by atoms with Crippen LogP contribution in [-0.4, -0.2) is 16.4 Å². The second-order valence-corrected chi connectivity index (χ2v) is 5.36. The van der Waals surface area contributed by atoms with Gasteiger partial charge in [0.15, 0.2) is 0 Å². The fourth-order valence-corrected chi connectivity index (χ4v) is 2.55. The van der Waals surface area contributed by atoms with E-state index in [0.29, 0.717) is 16.3 Å². The van der Waals surface area contributed by atoms with E-state index in [1.807, 2.05) is 30.3 Å². The summed E-state index contributed by atoms with van der Waals surface area (Å²) in [5.74, 6) is -0.485. The summed E-state index contributed by atoms with van der Waals surface area (Å²) in [6.45, 7) is 1.40. The van der Waals surface area contributed by atoms with Crippen LogP contribution in [0.15, 0.2) is 54.7 Å². The van der Waals surface area contributed by atoms with Crippen molar-refractivity contribution in [3.8, 4) is 0 Å². The standard InChI is InChI=1S/C17H13ClN2O2/c1-11(21)19-15-7-6-13(18)10-14(15)17(22)20-9-8-12-4-2-3-5-16(12)20/h2-10H,1H3,(H,19,21). The third-order valence-corrected chi connectivity index (χ3v) is 3.58. The number of para-hydroxylation sites is 1. The highest BCUT2D eigenvalue weighted by molar-refractivity contribution is 6.31. The lowest BCUT2D eigenvalue weighted by Crippen LogP contribution is -2.15. The van der Waals surface area contributed by atoms with E-state index in [1.54, 1.807) is 29.0 Å².